The molecule has 0 aliphatic heterocycles. The average molecular weight is 303 g/mol. The fraction of sp³-hybridized carbons (Fsp3) is 0.938. The van der Waals surface area contributed by atoms with E-state index in [1.165, 1.54) is 25.7 Å². The lowest BCUT2D eigenvalue weighted by Gasteiger charge is -2.07. The maximum atomic E-state index is 11.4. The zero-order valence-electron chi connectivity index (χ0n) is 13.8. The highest BCUT2D eigenvalue weighted by molar-refractivity contribution is 5.69. The van der Waals surface area contributed by atoms with Gasteiger partial charge in [0.05, 0.1) is 26.4 Å². The molecule has 0 atom stereocenters. The predicted molar refractivity (Wildman–Crippen MR) is 84.5 cm³/mol. The molecule has 0 aromatic rings. The molecule has 0 aliphatic rings. The van der Waals surface area contributed by atoms with Gasteiger partial charge in [0.2, 0.25) is 0 Å². The van der Waals surface area contributed by atoms with Crippen LogP contribution in [0.3, 0.4) is 0 Å². The summed E-state index contributed by atoms with van der Waals surface area (Å²) in [5, 5.41) is 3.00. The molecule has 0 radical (unpaired) electrons. The Morgan fingerprint density at radius 2 is 1.48 bits per heavy atom. The van der Waals surface area contributed by atoms with Crippen molar-refractivity contribution < 1.29 is 19.0 Å². The number of nitrogens with one attached hydrogen (secondary N) is 1. The number of esters is 1. The van der Waals surface area contributed by atoms with Crippen molar-refractivity contribution in [3.8, 4) is 0 Å². The summed E-state index contributed by atoms with van der Waals surface area (Å²) in [7, 11) is 1.89. The number of carbonyl (C=O) groups excluding carboxylic acids is 1. The second-order valence-corrected chi connectivity index (χ2v) is 5.07. The van der Waals surface area contributed by atoms with Crippen LogP contribution in [0.25, 0.3) is 0 Å². The summed E-state index contributed by atoms with van der Waals surface area (Å²) in [6.45, 7) is 5.63. The molecule has 0 bridgehead atoms. The molecule has 0 heterocycles. The molecule has 0 saturated carbocycles. The lowest BCUT2D eigenvalue weighted by molar-refractivity contribution is -0.145. The summed E-state index contributed by atoms with van der Waals surface area (Å²) in [5.41, 5.74) is 0. The van der Waals surface area contributed by atoms with Gasteiger partial charge in [0.1, 0.15) is 6.61 Å². The maximum absolute atomic E-state index is 11.4. The van der Waals surface area contributed by atoms with Gasteiger partial charge in [-0.15, -0.1) is 0 Å². The Kier molecular flexibility index (Phi) is 16.9. The van der Waals surface area contributed by atoms with Gasteiger partial charge in [-0.25, -0.2) is 0 Å². The minimum absolute atomic E-state index is 0.112. The molecule has 126 valence electrons. The molecule has 0 aromatic carbocycles. The quantitative estimate of drug-likeness (QED) is 0.351. The molecule has 5 heteroatoms. The monoisotopic (exact) mass is 303 g/mol. The van der Waals surface area contributed by atoms with Gasteiger partial charge >= 0.3 is 5.97 Å². The van der Waals surface area contributed by atoms with Crippen molar-refractivity contribution in [1.82, 2.24) is 5.32 Å². The Balaban J connectivity index is 3.12. The molecule has 0 aliphatic carbocycles. The second-order valence-electron chi connectivity index (χ2n) is 5.07. The van der Waals surface area contributed by atoms with E-state index in [2.05, 4.69) is 12.2 Å². The van der Waals surface area contributed by atoms with Gasteiger partial charge in [0.15, 0.2) is 0 Å². The molecular weight excluding hydrogens is 270 g/mol. The molecule has 0 fully saturated rings. The SMILES string of the molecule is CCCCCCCCC(=O)OCCOCCOCCNC. The Bertz CT molecular complexity index is 224. The first-order valence-electron chi connectivity index (χ1n) is 8.27. The van der Waals surface area contributed by atoms with Crippen LogP contribution in [0, 0.1) is 0 Å². The van der Waals surface area contributed by atoms with E-state index < -0.39 is 0 Å². The topological polar surface area (TPSA) is 56.8 Å². The van der Waals surface area contributed by atoms with Gasteiger partial charge in [-0.3, -0.25) is 4.79 Å². The number of unbranched alkanes of at least 4 members (excludes halogenated alkanes) is 5. The highest BCUT2D eigenvalue weighted by Gasteiger charge is 2.02. The van der Waals surface area contributed by atoms with Crippen LogP contribution < -0.4 is 5.32 Å². The first-order chi connectivity index (χ1) is 10.3. The molecule has 0 spiro atoms. The zero-order chi connectivity index (χ0) is 15.6. The summed E-state index contributed by atoms with van der Waals surface area (Å²) in [6, 6.07) is 0. The third-order valence-electron chi connectivity index (χ3n) is 3.09. The van der Waals surface area contributed by atoms with Crippen molar-refractivity contribution in [2.24, 2.45) is 0 Å². The lowest BCUT2D eigenvalue weighted by Crippen LogP contribution is -2.17. The van der Waals surface area contributed by atoms with Crippen LogP contribution in [-0.4, -0.2) is 52.6 Å². The van der Waals surface area contributed by atoms with E-state index in [0.29, 0.717) is 39.5 Å². The average Bonchev–Trinajstić information content (AvgIpc) is 2.49. The van der Waals surface area contributed by atoms with Gasteiger partial charge in [0, 0.05) is 13.0 Å². The third kappa shape index (κ3) is 17.3. The van der Waals surface area contributed by atoms with Crippen LogP contribution in [0.4, 0.5) is 0 Å². The number of ether oxygens (including phenoxy) is 3. The fourth-order valence-electron chi connectivity index (χ4n) is 1.83. The van der Waals surface area contributed by atoms with Crippen molar-refractivity contribution in [2.75, 3.05) is 46.6 Å². The predicted octanol–water partition coefficient (Wildman–Crippen LogP) is 2.53. The normalized spacial score (nSPS) is 10.8. The van der Waals surface area contributed by atoms with Gasteiger partial charge in [-0.05, 0) is 13.5 Å². The standard InChI is InChI=1S/C16H33NO4/c1-3-4-5-6-7-8-9-16(18)21-15-14-20-13-12-19-11-10-17-2/h17H,3-15H2,1-2H3. The highest BCUT2D eigenvalue weighted by atomic mass is 16.6. The van der Waals surface area contributed by atoms with E-state index in [0.717, 1.165) is 19.4 Å². The zero-order valence-corrected chi connectivity index (χ0v) is 13.8. The van der Waals surface area contributed by atoms with Crippen molar-refractivity contribution >= 4 is 5.97 Å². The minimum Gasteiger partial charge on any atom is -0.463 e. The molecule has 0 amide bonds. The van der Waals surface area contributed by atoms with Gasteiger partial charge in [-0.2, -0.15) is 0 Å². The Hall–Kier alpha value is -0.650. The number of hydrogen-bond acceptors (Lipinski definition) is 5. The van der Waals surface area contributed by atoms with Crippen molar-refractivity contribution in [3.05, 3.63) is 0 Å². The first kappa shape index (κ1) is 20.3. The summed E-state index contributed by atoms with van der Waals surface area (Å²) in [5.74, 6) is -0.112. The lowest BCUT2D eigenvalue weighted by atomic mass is 10.1. The van der Waals surface area contributed by atoms with E-state index in [-0.39, 0.29) is 5.97 Å². The minimum atomic E-state index is -0.112. The number of carbonyl (C=O) groups is 1. The summed E-state index contributed by atoms with van der Waals surface area (Å²) in [4.78, 5) is 11.4. The molecule has 5 nitrogen and oxygen atoms in total. The van der Waals surface area contributed by atoms with E-state index >= 15 is 0 Å². The fourth-order valence-corrected chi connectivity index (χ4v) is 1.83. The molecular formula is C16H33NO4. The van der Waals surface area contributed by atoms with Crippen LogP contribution in [0.1, 0.15) is 51.9 Å². The van der Waals surface area contributed by atoms with Crippen LogP contribution in [-0.2, 0) is 19.0 Å². The van der Waals surface area contributed by atoms with Crippen molar-refractivity contribution in [3.63, 3.8) is 0 Å². The van der Waals surface area contributed by atoms with E-state index in [9.17, 15) is 4.79 Å². The molecule has 21 heavy (non-hydrogen) atoms. The second kappa shape index (κ2) is 17.4. The van der Waals surface area contributed by atoms with E-state index in [1.54, 1.807) is 0 Å². The molecule has 0 unspecified atom stereocenters. The van der Waals surface area contributed by atoms with Crippen LogP contribution in [0.15, 0.2) is 0 Å². The van der Waals surface area contributed by atoms with Gasteiger partial charge < -0.3 is 19.5 Å². The highest BCUT2D eigenvalue weighted by Crippen LogP contribution is 2.07. The number of rotatable bonds is 16. The van der Waals surface area contributed by atoms with Gasteiger partial charge in [-0.1, -0.05) is 39.0 Å². The third-order valence-corrected chi connectivity index (χ3v) is 3.09. The van der Waals surface area contributed by atoms with E-state index in [4.69, 9.17) is 14.2 Å². The largest absolute Gasteiger partial charge is 0.463 e. The van der Waals surface area contributed by atoms with Crippen LogP contribution >= 0.6 is 0 Å². The van der Waals surface area contributed by atoms with E-state index in [1.807, 2.05) is 7.05 Å². The summed E-state index contributed by atoms with van der Waals surface area (Å²) < 4.78 is 15.7. The van der Waals surface area contributed by atoms with Crippen LogP contribution in [0.2, 0.25) is 0 Å². The first-order valence-corrected chi connectivity index (χ1v) is 8.27. The maximum Gasteiger partial charge on any atom is 0.305 e. The van der Waals surface area contributed by atoms with Crippen molar-refractivity contribution in [2.45, 2.75) is 51.9 Å². The molecule has 0 rings (SSSR count). The molecule has 1 N–H and O–H groups in total. The van der Waals surface area contributed by atoms with Gasteiger partial charge in [0.25, 0.3) is 0 Å². The summed E-state index contributed by atoms with van der Waals surface area (Å²) in [6.07, 6.45) is 7.62. The number of likely N-dealkylation sites (N-methyl/N-ethyl adjacent to an activating group) is 1. The Morgan fingerprint density at radius 3 is 2.19 bits per heavy atom. The smallest absolute Gasteiger partial charge is 0.305 e. The molecule has 0 saturated heterocycles. The van der Waals surface area contributed by atoms with Crippen LogP contribution in [0.5, 0.6) is 0 Å². The van der Waals surface area contributed by atoms with Crippen molar-refractivity contribution in [1.29, 1.82) is 0 Å². The summed E-state index contributed by atoms with van der Waals surface area (Å²) >= 11 is 0. The Morgan fingerprint density at radius 1 is 0.857 bits per heavy atom. The Labute approximate surface area is 129 Å². The molecule has 0 aromatic heterocycles. The number of hydrogen-bond donors (Lipinski definition) is 1.